The van der Waals surface area contributed by atoms with E-state index >= 15 is 0 Å². The topological polar surface area (TPSA) is 58.1 Å². The standard InChI is InChI=1S/C16H20N4OS.2ClH/c1-11(2)15-19-13(10-22-15)16(21)20-7-6-18-9-14(20)12-4-3-5-17-8-12;;/h3-5,8,10-11,14,18H,6-7,9H2,1-2H3;2*1H. The van der Waals surface area contributed by atoms with Crippen LogP contribution >= 0.6 is 36.2 Å². The molecule has 0 saturated carbocycles. The summed E-state index contributed by atoms with van der Waals surface area (Å²) in [7, 11) is 0. The summed E-state index contributed by atoms with van der Waals surface area (Å²) >= 11 is 1.56. The molecule has 2 aromatic rings. The number of nitrogens with zero attached hydrogens (tertiary/aromatic N) is 3. The summed E-state index contributed by atoms with van der Waals surface area (Å²) in [6.07, 6.45) is 3.58. The number of pyridine rings is 1. The van der Waals surface area contributed by atoms with Crippen molar-refractivity contribution in [2.24, 2.45) is 0 Å². The zero-order valence-corrected chi connectivity index (χ0v) is 16.1. The number of aromatic nitrogens is 2. The van der Waals surface area contributed by atoms with Crippen LogP contribution in [0.1, 0.15) is 46.9 Å². The number of hydrogen-bond acceptors (Lipinski definition) is 5. The highest BCUT2D eigenvalue weighted by Gasteiger charge is 2.30. The maximum Gasteiger partial charge on any atom is 0.273 e. The van der Waals surface area contributed by atoms with Gasteiger partial charge in [-0.3, -0.25) is 9.78 Å². The molecule has 0 bridgehead atoms. The predicted molar refractivity (Wildman–Crippen MR) is 102 cm³/mol. The van der Waals surface area contributed by atoms with Crippen molar-refractivity contribution in [1.82, 2.24) is 20.2 Å². The highest BCUT2D eigenvalue weighted by Crippen LogP contribution is 2.25. The summed E-state index contributed by atoms with van der Waals surface area (Å²) < 4.78 is 0. The van der Waals surface area contributed by atoms with Gasteiger partial charge in [0.25, 0.3) is 5.91 Å². The number of amides is 1. The summed E-state index contributed by atoms with van der Waals surface area (Å²) in [4.78, 5) is 23.4. The minimum absolute atomic E-state index is 0. The second-order valence-electron chi connectivity index (χ2n) is 5.73. The molecule has 2 aromatic heterocycles. The number of piperazine rings is 1. The molecule has 0 aromatic carbocycles. The van der Waals surface area contributed by atoms with Crippen LogP contribution in [0.2, 0.25) is 0 Å². The van der Waals surface area contributed by atoms with Crippen molar-refractivity contribution >= 4 is 42.1 Å². The van der Waals surface area contributed by atoms with Gasteiger partial charge in [0.15, 0.2) is 0 Å². The van der Waals surface area contributed by atoms with Gasteiger partial charge in [0, 0.05) is 43.3 Å². The van der Waals surface area contributed by atoms with E-state index in [2.05, 4.69) is 29.1 Å². The van der Waals surface area contributed by atoms with E-state index in [1.54, 1.807) is 17.5 Å². The van der Waals surface area contributed by atoms with Crippen LogP contribution in [0.15, 0.2) is 29.9 Å². The van der Waals surface area contributed by atoms with Crippen molar-refractivity contribution < 1.29 is 4.79 Å². The highest BCUT2D eigenvalue weighted by atomic mass is 35.5. The highest BCUT2D eigenvalue weighted by molar-refractivity contribution is 7.09. The van der Waals surface area contributed by atoms with Gasteiger partial charge in [0.05, 0.1) is 11.0 Å². The van der Waals surface area contributed by atoms with Gasteiger partial charge in [-0.05, 0) is 11.6 Å². The van der Waals surface area contributed by atoms with Crippen LogP contribution in [0.5, 0.6) is 0 Å². The Balaban J connectivity index is 0.00000144. The molecule has 1 N–H and O–H groups in total. The number of halogens is 2. The lowest BCUT2D eigenvalue weighted by Gasteiger charge is -2.36. The molecule has 0 radical (unpaired) electrons. The number of nitrogens with one attached hydrogen (secondary N) is 1. The molecule has 0 spiro atoms. The fraction of sp³-hybridized carbons (Fsp3) is 0.438. The van der Waals surface area contributed by atoms with Gasteiger partial charge in [-0.15, -0.1) is 36.2 Å². The van der Waals surface area contributed by atoms with Crippen molar-refractivity contribution in [2.75, 3.05) is 19.6 Å². The van der Waals surface area contributed by atoms with E-state index in [4.69, 9.17) is 0 Å². The molecule has 132 valence electrons. The average Bonchev–Trinajstić information content (AvgIpc) is 3.05. The van der Waals surface area contributed by atoms with E-state index in [0.717, 1.165) is 23.7 Å². The molecule has 1 amide bonds. The third kappa shape index (κ3) is 4.45. The molecule has 8 heteroatoms. The van der Waals surface area contributed by atoms with E-state index in [1.165, 1.54) is 0 Å². The van der Waals surface area contributed by atoms with Crippen LogP contribution in [0.3, 0.4) is 0 Å². The Hall–Kier alpha value is -1.21. The Bertz CT molecular complexity index is 651. The van der Waals surface area contributed by atoms with Gasteiger partial charge in [-0.2, -0.15) is 0 Å². The fourth-order valence-electron chi connectivity index (χ4n) is 2.62. The summed E-state index contributed by atoms with van der Waals surface area (Å²) in [6.45, 7) is 6.43. The van der Waals surface area contributed by atoms with Crippen LogP contribution in [0.4, 0.5) is 0 Å². The largest absolute Gasteiger partial charge is 0.328 e. The first-order valence-corrected chi connectivity index (χ1v) is 8.42. The van der Waals surface area contributed by atoms with Gasteiger partial charge >= 0.3 is 0 Å². The van der Waals surface area contributed by atoms with Gasteiger partial charge in [0.1, 0.15) is 5.69 Å². The Labute approximate surface area is 158 Å². The smallest absolute Gasteiger partial charge is 0.273 e. The fourth-order valence-corrected chi connectivity index (χ4v) is 3.43. The molecule has 3 heterocycles. The summed E-state index contributed by atoms with van der Waals surface area (Å²) in [5.74, 6) is 0.363. The number of carbonyl (C=O) groups is 1. The maximum atomic E-state index is 12.8. The first-order valence-electron chi connectivity index (χ1n) is 7.54. The second kappa shape index (κ2) is 9.32. The number of carbonyl (C=O) groups excluding carboxylic acids is 1. The second-order valence-corrected chi connectivity index (χ2v) is 6.62. The SMILES string of the molecule is CC(C)c1nc(C(=O)N2CCNCC2c2cccnc2)cs1.Cl.Cl. The third-order valence-corrected chi connectivity index (χ3v) is 4.95. The Morgan fingerprint density at radius 3 is 2.83 bits per heavy atom. The van der Waals surface area contributed by atoms with Crippen molar-refractivity contribution in [3.8, 4) is 0 Å². The lowest BCUT2D eigenvalue weighted by molar-refractivity contribution is 0.0628. The molecule has 0 aliphatic carbocycles. The lowest BCUT2D eigenvalue weighted by atomic mass is 10.0. The van der Waals surface area contributed by atoms with E-state index in [-0.39, 0.29) is 36.8 Å². The average molecular weight is 389 g/mol. The van der Waals surface area contributed by atoms with Gasteiger partial charge < -0.3 is 10.2 Å². The summed E-state index contributed by atoms with van der Waals surface area (Å²) in [5, 5.41) is 6.24. The molecule has 1 fully saturated rings. The third-order valence-electron chi connectivity index (χ3n) is 3.81. The molecule has 5 nitrogen and oxygen atoms in total. The number of hydrogen-bond donors (Lipinski definition) is 1. The zero-order valence-electron chi connectivity index (χ0n) is 13.6. The zero-order chi connectivity index (χ0) is 15.5. The maximum absolute atomic E-state index is 12.8. The normalized spacial score (nSPS) is 17.1. The molecule has 3 rings (SSSR count). The Morgan fingerprint density at radius 2 is 2.21 bits per heavy atom. The van der Waals surface area contributed by atoms with E-state index < -0.39 is 0 Å². The predicted octanol–water partition coefficient (Wildman–Crippen LogP) is 3.29. The molecule has 1 aliphatic rings. The van der Waals surface area contributed by atoms with Crippen LogP contribution in [0, 0.1) is 0 Å². The molecule has 24 heavy (non-hydrogen) atoms. The van der Waals surface area contributed by atoms with Gasteiger partial charge in [-0.1, -0.05) is 19.9 Å². The molecule has 1 saturated heterocycles. The summed E-state index contributed by atoms with van der Waals surface area (Å²) in [6, 6.07) is 3.94. The van der Waals surface area contributed by atoms with Crippen LogP contribution in [-0.2, 0) is 0 Å². The lowest BCUT2D eigenvalue weighted by Crippen LogP contribution is -2.48. The van der Waals surface area contributed by atoms with Crippen LogP contribution in [-0.4, -0.2) is 40.4 Å². The molecule has 1 aliphatic heterocycles. The number of rotatable bonds is 3. The van der Waals surface area contributed by atoms with Crippen LogP contribution in [0.25, 0.3) is 0 Å². The van der Waals surface area contributed by atoms with Crippen molar-refractivity contribution in [1.29, 1.82) is 0 Å². The molecule has 1 unspecified atom stereocenters. The van der Waals surface area contributed by atoms with Gasteiger partial charge in [0.2, 0.25) is 0 Å². The minimum Gasteiger partial charge on any atom is -0.328 e. The number of thiazole rings is 1. The molecular formula is C16H22Cl2N4OS. The van der Waals surface area contributed by atoms with Crippen LogP contribution < -0.4 is 5.32 Å². The van der Waals surface area contributed by atoms with Gasteiger partial charge in [-0.25, -0.2) is 4.98 Å². The monoisotopic (exact) mass is 388 g/mol. The molecular weight excluding hydrogens is 367 g/mol. The van der Waals surface area contributed by atoms with Crippen molar-refractivity contribution in [2.45, 2.75) is 25.8 Å². The first kappa shape index (κ1) is 20.8. The van der Waals surface area contributed by atoms with E-state index in [0.29, 0.717) is 18.2 Å². The first-order chi connectivity index (χ1) is 10.7. The van der Waals surface area contributed by atoms with E-state index in [1.807, 2.05) is 28.6 Å². The molecule has 1 atom stereocenters. The Kier molecular flexibility index (Phi) is 8.09. The van der Waals surface area contributed by atoms with Crippen molar-refractivity contribution in [3.05, 3.63) is 46.2 Å². The van der Waals surface area contributed by atoms with E-state index in [9.17, 15) is 4.79 Å². The minimum atomic E-state index is 0. The summed E-state index contributed by atoms with van der Waals surface area (Å²) in [5.41, 5.74) is 1.62. The van der Waals surface area contributed by atoms with Crippen molar-refractivity contribution in [3.63, 3.8) is 0 Å². The quantitative estimate of drug-likeness (QED) is 0.875. The Morgan fingerprint density at radius 1 is 1.42 bits per heavy atom.